The average Bonchev–Trinajstić information content (AvgIpc) is 2.28. The van der Waals surface area contributed by atoms with Crippen molar-refractivity contribution in [3.63, 3.8) is 0 Å². The fourth-order valence-electron chi connectivity index (χ4n) is 3.80. The van der Waals surface area contributed by atoms with Crippen LogP contribution >= 0.6 is 0 Å². The molecule has 0 aromatic heterocycles. The Bertz CT molecular complexity index is 294. The molecule has 1 N–H and O–H groups in total. The average molecular weight is 269 g/mol. The van der Waals surface area contributed by atoms with E-state index in [1.54, 1.807) is 0 Å². The molecule has 1 fully saturated rings. The molecule has 1 aliphatic carbocycles. The topological polar surface area (TPSA) is 40.5 Å². The molecule has 0 aromatic carbocycles. The predicted octanol–water partition coefficient (Wildman–Crippen LogP) is 3.78. The SMILES string of the molecule is CCN(CC)C1(CC(=O)O)CCC(C(C)(C)C)CC1. The number of carboxylic acid groups (broad SMARTS) is 1. The Labute approximate surface area is 118 Å². The summed E-state index contributed by atoms with van der Waals surface area (Å²) in [5.74, 6) is 0.0751. The second kappa shape index (κ2) is 6.25. The van der Waals surface area contributed by atoms with Gasteiger partial charge in [-0.3, -0.25) is 9.69 Å². The van der Waals surface area contributed by atoms with Gasteiger partial charge in [0.1, 0.15) is 0 Å². The van der Waals surface area contributed by atoms with E-state index in [0.29, 0.717) is 11.8 Å². The molecule has 1 aliphatic rings. The van der Waals surface area contributed by atoms with E-state index in [1.165, 1.54) is 0 Å². The van der Waals surface area contributed by atoms with Crippen molar-refractivity contribution in [2.45, 2.75) is 72.3 Å². The van der Waals surface area contributed by atoms with Crippen molar-refractivity contribution in [2.24, 2.45) is 11.3 Å². The highest BCUT2D eigenvalue weighted by Gasteiger charge is 2.42. The van der Waals surface area contributed by atoms with Crippen LogP contribution in [0.25, 0.3) is 0 Å². The van der Waals surface area contributed by atoms with E-state index < -0.39 is 5.97 Å². The first-order valence-electron chi connectivity index (χ1n) is 7.72. The normalized spacial score (nSPS) is 28.6. The van der Waals surface area contributed by atoms with Crippen LogP contribution in [0.2, 0.25) is 0 Å². The lowest BCUT2D eigenvalue weighted by atomic mass is 9.66. The van der Waals surface area contributed by atoms with Crippen LogP contribution in [0.5, 0.6) is 0 Å². The van der Waals surface area contributed by atoms with Crippen LogP contribution in [0.4, 0.5) is 0 Å². The largest absolute Gasteiger partial charge is 0.481 e. The Morgan fingerprint density at radius 2 is 1.68 bits per heavy atom. The van der Waals surface area contributed by atoms with Crippen LogP contribution in [-0.2, 0) is 4.79 Å². The van der Waals surface area contributed by atoms with Crippen molar-refractivity contribution in [3.8, 4) is 0 Å². The third-order valence-corrected chi connectivity index (χ3v) is 5.06. The Kier molecular flexibility index (Phi) is 5.43. The number of nitrogens with zero attached hydrogens (tertiary/aromatic N) is 1. The monoisotopic (exact) mass is 269 g/mol. The molecule has 0 spiro atoms. The molecule has 3 nitrogen and oxygen atoms in total. The summed E-state index contributed by atoms with van der Waals surface area (Å²) in [7, 11) is 0. The van der Waals surface area contributed by atoms with Gasteiger partial charge in [0.15, 0.2) is 0 Å². The van der Waals surface area contributed by atoms with Gasteiger partial charge in [-0.1, -0.05) is 34.6 Å². The second-order valence-corrected chi connectivity index (χ2v) is 7.11. The molecule has 112 valence electrons. The van der Waals surface area contributed by atoms with Crippen LogP contribution in [0.1, 0.15) is 66.7 Å². The second-order valence-electron chi connectivity index (χ2n) is 7.11. The van der Waals surface area contributed by atoms with E-state index in [2.05, 4.69) is 39.5 Å². The molecule has 0 aromatic rings. The van der Waals surface area contributed by atoms with Crippen molar-refractivity contribution < 1.29 is 9.90 Å². The fourth-order valence-corrected chi connectivity index (χ4v) is 3.80. The minimum atomic E-state index is -0.652. The van der Waals surface area contributed by atoms with Crippen molar-refractivity contribution >= 4 is 5.97 Å². The summed E-state index contributed by atoms with van der Waals surface area (Å²) in [5, 5.41) is 9.27. The molecule has 0 radical (unpaired) electrons. The predicted molar refractivity (Wildman–Crippen MR) is 79.3 cm³/mol. The van der Waals surface area contributed by atoms with Crippen molar-refractivity contribution in [1.82, 2.24) is 4.90 Å². The molecule has 0 heterocycles. The molecule has 1 rings (SSSR count). The van der Waals surface area contributed by atoms with E-state index in [4.69, 9.17) is 0 Å². The zero-order valence-corrected chi connectivity index (χ0v) is 13.3. The smallest absolute Gasteiger partial charge is 0.305 e. The molecule has 0 bridgehead atoms. The lowest BCUT2D eigenvalue weighted by molar-refractivity contribution is -0.141. The summed E-state index contributed by atoms with van der Waals surface area (Å²) in [6.07, 6.45) is 4.68. The van der Waals surface area contributed by atoms with Gasteiger partial charge in [0.05, 0.1) is 6.42 Å². The Morgan fingerprint density at radius 3 is 2.00 bits per heavy atom. The van der Waals surface area contributed by atoms with Gasteiger partial charge in [-0.2, -0.15) is 0 Å². The van der Waals surface area contributed by atoms with Crippen molar-refractivity contribution in [2.75, 3.05) is 13.1 Å². The summed E-state index contributed by atoms with van der Waals surface area (Å²) in [6.45, 7) is 13.1. The Balaban J connectivity index is 2.83. The van der Waals surface area contributed by atoms with Gasteiger partial charge >= 0.3 is 5.97 Å². The van der Waals surface area contributed by atoms with Gasteiger partial charge in [0.2, 0.25) is 0 Å². The maximum absolute atomic E-state index is 11.3. The standard InChI is InChI=1S/C16H31NO2/c1-6-17(7-2)16(12-14(18)19)10-8-13(9-11-16)15(3,4)5/h13H,6-12H2,1-5H3,(H,18,19). The fraction of sp³-hybridized carbons (Fsp3) is 0.938. The number of carbonyl (C=O) groups is 1. The minimum Gasteiger partial charge on any atom is -0.481 e. The van der Waals surface area contributed by atoms with Gasteiger partial charge < -0.3 is 5.11 Å². The Hall–Kier alpha value is -0.570. The van der Waals surface area contributed by atoms with E-state index in [9.17, 15) is 9.90 Å². The first-order valence-corrected chi connectivity index (χ1v) is 7.72. The maximum atomic E-state index is 11.3. The highest BCUT2D eigenvalue weighted by Crippen LogP contribution is 2.45. The van der Waals surface area contributed by atoms with Crippen LogP contribution in [0, 0.1) is 11.3 Å². The third-order valence-electron chi connectivity index (χ3n) is 5.06. The van der Waals surface area contributed by atoms with Crippen molar-refractivity contribution in [1.29, 1.82) is 0 Å². The first-order chi connectivity index (χ1) is 8.75. The number of hydrogen-bond donors (Lipinski definition) is 1. The first kappa shape index (κ1) is 16.5. The van der Waals surface area contributed by atoms with Crippen LogP contribution in [0.3, 0.4) is 0 Å². The molecular weight excluding hydrogens is 238 g/mol. The third kappa shape index (κ3) is 3.95. The number of rotatable bonds is 5. The summed E-state index contributed by atoms with van der Waals surface area (Å²) >= 11 is 0. The molecule has 0 amide bonds. The van der Waals surface area contributed by atoms with Crippen LogP contribution in [0.15, 0.2) is 0 Å². The van der Waals surface area contributed by atoms with Gasteiger partial charge in [0.25, 0.3) is 0 Å². The lowest BCUT2D eigenvalue weighted by Crippen LogP contribution is -2.52. The lowest BCUT2D eigenvalue weighted by Gasteiger charge is -2.49. The molecule has 0 unspecified atom stereocenters. The van der Waals surface area contributed by atoms with E-state index in [-0.39, 0.29) is 5.54 Å². The van der Waals surface area contributed by atoms with E-state index >= 15 is 0 Å². The Morgan fingerprint density at radius 1 is 1.21 bits per heavy atom. The quantitative estimate of drug-likeness (QED) is 0.825. The molecule has 0 saturated heterocycles. The summed E-state index contributed by atoms with van der Waals surface area (Å²) < 4.78 is 0. The summed E-state index contributed by atoms with van der Waals surface area (Å²) in [6, 6.07) is 0. The van der Waals surface area contributed by atoms with Crippen LogP contribution in [-0.4, -0.2) is 34.6 Å². The molecular formula is C16H31NO2. The van der Waals surface area contributed by atoms with Gasteiger partial charge in [0, 0.05) is 5.54 Å². The zero-order valence-electron chi connectivity index (χ0n) is 13.3. The number of hydrogen-bond acceptors (Lipinski definition) is 2. The van der Waals surface area contributed by atoms with Gasteiger partial charge in [-0.25, -0.2) is 0 Å². The number of aliphatic carboxylic acids is 1. The summed E-state index contributed by atoms with van der Waals surface area (Å²) in [4.78, 5) is 13.6. The van der Waals surface area contributed by atoms with E-state index in [1.807, 2.05) is 0 Å². The highest BCUT2D eigenvalue weighted by molar-refractivity contribution is 5.68. The molecule has 3 heteroatoms. The minimum absolute atomic E-state index is 0.100. The molecule has 19 heavy (non-hydrogen) atoms. The molecule has 0 atom stereocenters. The van der Waals surface area contributed by atoms with Gasteiger partial charge in [-0.15, -0.1) is 0 Å². The summed E-state index contributed by atoms with van der Waals surface area (Å²) in [5.41, 5.74) is 0.246. The number of carboxylic acids is 1. The van der Waals surface area contributed by atoms with Gasteiger partial charge in [-0.05, 0) is 50.1 Å². The highest BCUT2D eigenvalue weighted by atomic mass is 16.4. The molecule has 1 saturated carbocycles. The molecule has 0 aliphatic heterocycles. The van der Waals surface area contributed by atoms with E-state index in [0.717, 1.165) is 44.7 Å². The van der Waals surface area contributed by atoms with Crippen molar-refractivity contribution in [3.05, 3.63) is 0 Å². The van der Waals surface area contributed by atoms with Crippen LogP contribution < -0.4 is 0 Å². The maximum Gasteiger partial charge on any atom is 0.305 e. The zero-order chi connectivity index (χ0) is 14.7.